The van der Waals surface area contributed by atoms with Crippen molar-refractivity contribution in [1.29, 1.82) is 0 Å². The summed E-state index contributed by atoms with van der Waals surface area (Å²) in [5.74, 6) is 0. The van der Waals surface area contributed by atoms with Gasteiger partial charge in [0, 0.05) is 26.8 Å². The van der Waals surface area contributed by atoms with Crippen molar-refractivity contribution < 1.29 is 0 Å². The monoisotopic (exact) mass is 291 g/mol. The normalized spacial score (nSPS) is 11.6. The van der Waals surface area contributed by atoms with E-state index in [4.69, 9.17) is 23.2 Å². The molecule has 74 valence electrons. The first-order chi connectivity index (χ1) is 6.56. The van der Waals surface area contributed by atoms with Crippen molar-refractivity contribution in [2.75, 3.05) is 0 Å². The van der Waals surface area contributed by atoms with Gasteiger partial charge in [-0.3, -0.25) is 0 Å². The summed E-state index contributed by atoms with van der Waals surface area (Å²) in [6.07, 6.45) is 3.52. The van der Waals surface area contributed by atoms with Crippen LogP contribution >= 0.6 is 39.1 Å². The molecule has 0 aliphatic rings. The predicted octanol–water partition coefficient (Wildman–Crippen LogP) is 4.70. The van der Waals surface area contributed by atoms with Gasteiger partial charge < -0.3 is 0 Å². The summed E-state index contributed by atoms with van der Waals surface area (Å²) in [5, 5.41) is 0.878. The highest BCUT2D eigenvalue weighted by molar-refractivity contribution is 9.15. The van der Waals surface area contributed by atoms with E-state index in [0.29, 0.717) is 10.2 Å². The van der Waals surface area contributed by atoms with Gasteiger partial charge in [-0.15, -0.1) is 0 Å². The molecule has 1 aromatic rings. The molecular formula is C10H8BrCl2N. The molecule has 0 aliphatic carbocycles. The fraction of sp³-hybridized carbons (Fsp3) is 0.100. The Kier molecular flexibility index (Phi) is 4.17. The van der Waals surface area contributed by atoms with Crippen molar-refractivity contribution in [2.45, 2.75) is 6.92 Å². The second-order valence-electron chi connectivity index (χ2n) is 2.59. The highest BCUT2D eigenvalue weighted by Gasteiger charge is 2.08. The molecule has 0 atom stereocenters. The van der Waals surface area contributed by atoms with Gasteiger partial charge in [0.25, 0.3) is 0 Å². The molecular weight excluding hydrogens is 285 g/mol. The highest BCUT2D eigenvalue weighted by Crippen LogP contribution is 2.31. The Hall–Kier alpha value is -0.310. The molecule has 1 heterocycles. The molecule has 0 fully saturated rings. The van der Waals surface area contributed by atoms with E-state index in [-0.39, 0.29) is 0 Å². The van der Waals surface area contributed by atoms with Crippen LogP contribution in [0.15, 0.2) is 24.9 Å². The van der Waals surface area contributed by atoms with E-state index in [1.165, 1.54) is 0 Å². The second-order valence-corrected chi connectivity index (χ2v) is 4.29. The Morgan fingerprint density at radius 3 is 2.71 bits per heavy atom. The molecule has 0 radical (unpaired) electrons. The van der Waals surface area contributed by atoms with Crippen LogP contribution in [0.5, 0.6) is 0 Å². The van der Waals surface area contributed by atoms with E-state index in [1.54, 1.807) is 12.3 Å². The van der Waals surface area contributed by atoms with E-state index in [1.807, 2.05) is 13.0 Å². The number of rotatable bonds is 2. The van der Waals surface area contributed by atoms with E-state index in [9.17, 15) is 0 Å². The molecule has 1 aromatic heterocycles. The van der Waals surface area contributed by atoms with Crippen LogP contribution in [-0.2, 0) is 0 Å². The maximum Gasteiger partial charge on any atom is 0.129 e. The van der Waals surface area contributed by atoms with E-state index in [0.717, 1.165) is 15.6 Å². The van der Waals surface area contributed by atoms with Gasteiger partial charge in [-0.2, -0.15) is 0 Å². The Balaban J connectivity index is 3.37. The number of hydrogen-bond acceptors (Lipinski definition) is 1. The summed E-state index contributed by atoms with van der Waals surface area (Å²) < 4.78 is 0.915. The molecule has 4 heteroatoms. The summed E-state index contributed by atoms with van der Waals surface area (Å²) in [5.41, 5.74) is 1.67. The topological polar surface area (TPSA) is 12.9 Å². The first-order valence-electron chi connectivity index (χ1n) is 3.88. The number of hydrogen-bond donors (Lipinski definition) is 0. The predicted molar refractivity (Wildman–Crippen MR) is 66.7 cm³/mol. The van der Waals surface area contributed by atoms with Crippen LogP contribution in [0.4, 0.5) is 0 Å². The Labute approximate surface area is 102 Å². The molecule has 0 unspecified atom stereocenters. The number of halogens is 3. The van der Waals surface area contributed by atoms with Crippen molar-refractivity contribution in [1.82, 2.24) is 4.98 Å². The molecule has 0 N–H and O–H groups in total. The molecule has 0 saturated carbocycles. The van der Waals surface area contributed by atoms with Gasteiger partial charge in [-0.1, -0.05) is 51.8 Å². The minimum atomic E-state index is 0.431. The molecule has 14 heavy (non-hydrogen) atoms. The van der Waals surface area contributed by atoms with Crippen molar-refractivity contribution in [3.8, 4) is 0 Å². The standard InChI is InChI=1S/C10H8BrCl2N/c1-3-9(11)7-4-10(13)14-5-8(7)6(2)12/h3-5H,2H2,1H3/b9-3+. The Morgan fingerprint density at radius 2 is 2.21 bits per heavy atom. The second kappa shape index (κ2) is 4.96. The number of pyridine rings is 1. The molecule has 0 bridgehead atoms. The quantitative estimate of drug-likeness (QED) is 0.720. The summed E-state index contributed by atoms with van der Waals surface area (Å²) in [6, 6.07) is 1.74. The Morgan fingerprint density at radius 1 is 1.57 bits per heavy atom. The lowest BCUT2D eigenvalue weighted by Crippen LogP contribution is -1.89. The summed E-state index contributed by atoms with van der Waals surface area (Å²) in [4.78, 5) is 3.95. The summed E-state index contributed by atoms with van der Waals surface area (Å²) in [6.45, 7) is 5.58. The zero-order valence-corrected chi connectivity index (χ0v) is 10.6. The molecule has 0 aromatic carbocycles. The van der Waals surface area contributed by atoms with Crippen molar-refractivity contribution in [2.24, 2.45) is 0 Å². The van der Waals surface area contributed by atoms with Crippen molar-refractivity contribution >= 4 is 48.6 Å². The first-order valence-corrected chi connectivity index (χ1v) is 5.43. The van der Waals surface area contributed by atoms with E-state index < -0.39 is 0 Å². The number of nitrogens with zero attached hydrogens (tertiary/aromatic N) is 1. The third kappa shape index (κ3) is 2.59. The van der Waals surface area contributed by atoms with Crippen LogP contribution in [0.25, 0.3) is 9.51 Å². The molecule has 0 aliphatic heterocycles. The summed E-state index contributed by atoms with van der Waals surface area (Å²) >= 11 is 15.0. The van der Waals surface area contributed by atoms with Gasteiger partial charge in [0.05, 0.1) is 0 Å². The van der Waals surface area contributed by atoms with E-state index in [2.05, 4.69) is 27.5 Å². The largest absolute Gasteiger partial charge is 0.244 e. The van der Waals surface area contributed by atoms with Crippen LogP contribution in [0.1, 0.15) is 18.1 Å². The van der Waals surface area contributed by atoms with Crippen LogP contribution in [0, 0.1) is 0 Å². The average Bonchev–Trinajstić information content (AvgIpc) is 2.16. The van der Waals surface area contributed by atoms with Crippen LogP contribution in [0.2, 0.25) is 5.15 Å². The maximum atomic E-state index is 5.84. The fourth-order valence-corrected chi connectivity index (χ4v) is 1.64. The van der Waals surface area contributed by atoms with Gasteiger partial charge >= 0.3 is 0 Å². The van der Waals surface area contributed by atoms with Crippen LogP contribution in [-0.4, -0.2) is 4.98 Å². The highest BCUT2D eigenvalue weighted by atomic mass is 79.9. The van der Waals surface area contributed by atoms with Crippen molar-refractivity contribution in [3.05, 3.63) is 41.2 Å². The van der Waals surface area contributed by atoms with Gasteiger partial charge in [0.15, 0.2) is 0 Å². The van der Waals surface area contributed by atoms with Gasteiger partial charge in [0.1, 0.15) is 5.15 Å². The molecule has 0 amide bonds. The fourth-order valence-electron chi connectivity index (χ4n) is 0.999. The zero-order chi connectivity index (χ0) is 10.7. The smallest absolute Gasteiger partial charge is 0.129 e. The third-order valence-corrected chi connectivity index (χ3v) is 2.97. The van der Waals surface area contributed by atoms with Gasteiger partial charge in [-0.25, -0.2) is 4.98 Å². The Bertz CT molecular complexity index is 399. The first kappa shape index (κ1) is 11.8. The maximum absolute atomic E-state index is 5.84. The lowest BCUT2D eigenvalue weighted by molar-refractivity contribution is 1.30. The van der Waals surface area contributed by atoms with Gasteiger partial charge in [0.2, 0.25) is 0 Å². The molecule has 0 saturated heterocycles. The zero-order valence-electron chi connectivity index (χ0n) is 7.52. The number of allylic oxidation sites excluding steroid dienone is 1. The van der Waals surface area contributed by atoms with Crippen LogP contribution in [0.3, 0.4) is 0 Å². The SMILES string of the molecule is C=C(Cl)c1cnc(Cl)cc1/C(Br)=C\C. The average molecular weight is 293 g/mol. The lowest BCUT2D eigenvalue weighted by atomic mass is 10.1. The van der Waals surface area contributed by atoms with Crippen LogP contribution < -0.4 is 0 Å². The minimum absolute atomic E-state index is 0.431. The van der Waals surface area contributed by atoms with E-state index >= 15 is 0 Å². The molecule has 0 spiro atoms. The minimum Gasteiger partial charge on any atom is -0.244 e. The van der Waals surface area contributed by atoms with Gasteiger partial charge in [-0.05, 0) is 13.0 Å². The lowest BCUT2D eigenvalue weighted by Gasteiger charge is -2.06. The summed E-state index contributed by atoms with van der Waals surface area (Å²) in [7, 11) is 0. The third-order valence-electron chi connectivity index (χ3n) is 1.67. The number of aromatic nitrogens is 1. The van der Waals surface area contributed by atoms with Crippen molar-refractivity contribution in [3.63, 3.8) is 0 Å². The molecule has 1 nitrogen and oxygen atoms in total. The molecule has 1 rings (SSSR count).